The van der Waals surface area contributed by atoms with E-state index in [2.05, 4.69) is 22.0 Å². The van der Waals surface area contributed by atoms with Crippen LogP contribution >= 0.6 is 0 Å². The molecule has 0 bridgehead atoms. The predicted octanol–water partition coefficient (Wildman–Crippen LogP) is 2.16. The van der Waals surface area contributed by atoms with Crippen LogP contribution in [0.1, 0.15) is 31.2 Å². The molecule has 2 atom stereocenters. The lowest BCUT2D eigenvalue weighted by molar-refractivity contribution is -0.133. The molecule has 1 amide bonds. The molecular formula is C20H27N3O2. The van der Waals surface area contributed by atoms with Gasteiger partial charge in [0.15, 0.2) is 0 Å². The van der Waals surface area contributed by atoms with Crippen LogP contribution < -0.4 is 0 Å². The molecule has 5 heteroatoms. The van der Waals surface area contributed by atoms with E-state index in [0.29, 0.717) is 12.5 Å². The molecule has 2 fully saturated rings. The van der Waals surface area contributed by atoms with E-state index in [9.17, 15) is 9.90 Å². The topological polar surface area (TPSA) is 59.6 Å². The van der Waals surface area contributed by atoms with Crippen molar-refractivity contribution >= 4 is 16.8 Å². The Labute approximate surface area is 148 Å². The fourth-order valence-electron chi connectivity index (χ4n) is 4.39. The fraction of sp³-hybridized carbons (Fsp3) is 0.550. The molecule has 134 valence electrons. The first-order chi connectivity index (χ1) is 12.2. The van der Waals surface area contributed by atoms with E-state index < -0.39 is 0 Å². The van der Waals surface area contributed by atoms with Crippen molar-refractivity contribution in [1.29, 1.82) is 0 Å². The maximum Gasteiger partial charge on any atom is 0.222 e. The summed E-state index contributed by atoms with van der Waals surface area (Å²) in [7, 11) is 0. The van der Waals surface area contributed by atoms with Crippen LogP contribution in [0.5, 0.6) is 0 Å². The number of para-hydroxylation sites is 1. The van der Waals surface area contributed by atoms with Crippen LogP contribution in [0.4, 0.5) is 0 Å². The number of hydrogen-bond acceptors (Lipinski definition) is 3. The highest BCUT2D eigenvalue weighted by Crippen LogP contribution is 2.25. The van der Waals surface area contributed by atoms with Crippen molar-refractivity contribution in [3.8, 4) is 0 Å². The van der Waals surface area contributed by atoms with E-state index in [1.807, 2.05) is 23.2 Å². The Morgan fingerprint density at radius 2 is 1.96 bits per heavy atom. The minimum absolute atomic E-state index is 0.177. The first-order valence-electron chi connectivity index (χ1n) is 9.47. The number of hydrogen-bond donors (Lipinski definition) is 2. The molecule has 1 saturated carbocycles. The van der Waals surface area contributed by atoms with Crippen LogP contribution in [-0.4, -0.2) is 64.1 Å². The van der Waals surface area contributed by atoms with E-state index in [1.165, 1.54) is 10.9 Å². The van der Waals surface area contributed by atoms with Crippen molar-refractivity contribution in [3.05, 3.63) is 36.0 Å². The fourth-order valence-corrected chi connectivity index (χ4v) is 4.39. The number of aromatic amines is 1. The van der Waals surface area contributed by atoms with Gasteiger partial charge in [-0.1, -0.05) is 18.2 Å². The molecular weight excluding hydrogens is 314 g/mol. The van der Waals surface area contributed by atoms with Gasteiger partial charge in [-0.05, 0) is 37.3 Å². The van der Waals surface area contributed by atoms with Crippen LogP contribution in [0.2, 0.25) is 0 Å². The number of aromatic nitrogens is 1. The minimum atomic E-state index is -0.177. The van der Waals surface area contributed by atoms with Gasteiger partial charge in [0.05, 0.1) is 6.10 Å². The summed E-state index contributed by atoms with van der Waals surface area (Å²) >= 11 is 0. The average Bonchev–Trinajstić information content (AvgIpc) is 3.26. The van der Waals surface area contributed by atoms with Crippen molar-refractivity contribution < 1.29 is 9.90 Å². The zero-order valence-corrected chi connectivity index (χ0v) is 14.7. The number of rotatable bonds is 4. The Morgan fingerprint density at radius 3 is 2.72 bits per heavy atom. The number of aliphatic hydroxyl groups excluding tert-OH is 1. The number of carbonyl (C=O) groups is 1. The number of aliphatic hydroxyl groups is 1. The van der Waals surface area contributed by atoms with Crippen LogP contribution in [0.15, 0.2) is 30.5 Å². The summed E-state index contributed by atoms with van der Waals surface area (Å²) in [5.41, 5.74) is 2.35. The van der Waals surface area contributed by atoms with Gasteiger partial charge in [0.1, 0.15) is 0 Å². The molecule has 1 aromatic carbocycles. The van der Waals surface area contributed by atoms with Crippen LogP contribution in [0.3, 0.4) is 0 Å². The summed E-state index contributed by atoms with van der Waals surface area (Å²) in [6.45, 7) is 3.35. The zero-order valence-electron chi connectivity index (χ0n) is 14.7. The van der Waals surface area contributed by atoms with Crippen molar-refractivity contribution in [2.24, 2.45) is 0 Å². The Morgan fingerprint density at radius 1 is 1.16 bits per heavy atom. The van der Waals surface area contributed by atoms with E-state index in [1.54, 1.807) is 0 Å². The van der Waals surface area contributed by atoms with Crippen molar-refractivity contribution in [1.82, 2.24) is 14.8 Å². The number of piperazine rings is 1. The summed E-state index contributed by atoms with van der Waals surface area (Å²) in [5, 5.41) is 11.3. The lowest BCUT2D eigenvalue weighted by atomic mass is 10.1. The van der Waals surface area contributed by atoms with E-state index >= 15 is 0 Å². The molecule has 0 radical (unpaired) electrons. The number of aryl methyl sites for hydroxylation is 1. The average molecular weight is 341 g/mol. The molecule has 1 aliphatic heterocycles. The van der Waals surface area contributed by atoms with Crippen LogP contribution in [0.25, 0.3) is 10.9 Å². The molecule has 0 spiro atoms. The maximum atomic E-state index is 12.6. The third-order valence-electron chi connectivity index (χ3n) is 5.86. The van der Waals surface area contributed by atoms with Crippen molar-refractivity contribution in [3.63, 3.8) is 0 Å². The largest absolute Gasteiger partial charge is 0.391 e. The molecule has 5 nitrogen and oxygen atoms in total. The number of carbonyl (C=O) groups excluding carboxylic acids is 1. The Bertz CT molecular complexity index is 733. The number of H-pyrrole nitrogens is 1. The molecule has 25 heavy (non-hydrogen) atoms. The van der Waals surface area contributed by atoms with Gasteiger partial charge in [0.25, 0.3) is 0 Å². The van der Waals surface area contributed by atoms with Gasteiger partial charge in [0, 0.05) is 55.7 Å². The molecule has 1 saturated heterocycles. The third kappa shape index (κ3) is 3.44. The Hall–Kier alpha value is -1.85. The summed E-state index contributed by atoms with van der Waals surface area (Å²) in [6, 6.07) is 8.55. The van der Waals surface area contributed by atoms with E-state index in [-0.39, 0.29) is 12.0 Å². The summed E-state index contributed by atoms with van der Waals surface area (Å²) in [6.07, 6.45) is 6.33. The van der Waals surface area contributed by atoms with E-state index in [4.69, 9.17) is 0 Å². The van der Waals surface area contributed by atoms with Gasteiger partial charge in [0.2, 0.25) is 5.91 Å². The predicted molar refractivity (Wildman–Crippen MR) is 98.4 cm³/mol. The quantitative estimate of drug-likeness (QED) is 0.896. The Balaban J connectivity index is 1.29. The first-order valence-corrected chi connectivity index (χ1v) is 9.47. The molecule has 2 aromatic rings. The lowest BCUT2D eigenvalue weighted by Crippen LogP contribution is -2.53. The van der Waals surface area contributed by atoms with Crippen molar-refractivity contribution in [2.75, 3.05) is 26.2 Å². The number of fused-ring (bicyclic) bond motifs is 1. The van der Waals surface area contributed by atoms with Crippen LogP contribution in [0, 0.1) is 0 Å². The molecule has 1 aliphatic carbocycles. The van der Waals surface area contributed by atoms with Crippen LogP contribution in [-0.2, 0) is 11.2 Å². The second-order valence-electron chi connectivity index (χ2n) is 7.34. The summed E-state index contributed by atoms with van der Waals surface area (Å²) in [5.74, 6) is 0.247. The molecule has 0 unspecified atom stereocenters. The molecule has 1 aromatic heterocycles. The molecule has 2 heterocycles. The zero-order chi connectivity index (χ0) is 17.2. The lowest BCUT2D eigenvalue weighted by Gasteiger charge is -2.39. The van der Waals surface area contributed by atoms with Gasteiger partial charge < -0.3 is 15.0 Å². The second kappa shape index (κ2) is 7.18. The molecule has 2 aliphatic rings. The van der Waals surface area contributed by atoms with Gasteiger partial charge in [-0.3, -0.25) is 9.69 Å². The second-order valence-corrected chi connectivity index (χ2v) is 7.34. The smallest absolute Gasteiger partial charge is 0.222 e. The number of benzene rings is 1. The summed E-state index contributed by atoms with van der Waals surface area (Å²) < 4.78 is 0. The van der Waals surface area contributed by atoms with Gasteiger partial charge >= 0.3 is 0 Å². The standard InChI is InChI=1S/C20H27N3O2/c24-19-7-3-6-18(19)22-10-12-23(13-11-22)20(25)9-8-15-14-21-17-5-2-1-4-16(15)17/h1-2,4-5,14,18-19,21,24H,3,6-13H2/t18-,19+/m1/s1. The Kier molecular flexibility index (Phi) is 4.77. The minimum Gasteiger partial charge on any atom is -0.391 e. The van der Waals surface area contributed by atoms with Gasteiger partial charge in [-0.25, -0.2) is 0 Å². The highest BCUT2D eigenvalue weighted by atomic mass is 16.3. The third-order valence-corrected chi connectivity index (χ3v) is 5.86. The number of nitrogens with one attached hydrogen (secondary N) is 1. The highest BCUT2D eigenvalue weighted by Gasteiger charge is 2.33. The molecule has 4 rings (SSSR count). The first kappa shape index (κ1) is 16.6. The van der Waals surface area contributed by atoms with E-state index in [0.717, 1.165) is 57.4 Å². The summed E-state index contributed by atoms with van der Waals surface area (Å²) in [4.78, 5) is 20.2. The van der Waals surface area contributed by atoms with Crippen molar-refractivity contribution in [2.45, 2.75) is 44.2 Å². The SMILES string of the molecule is O=C(CCc1c[nH]c2ccccc12)N1CCN([C@@H]2CCC[C@@H]2O)CC1. The van der Waals surface area contributed by atoms with Gasteiger partial charge in [-0.15, -0.1) is 0 Å². The van der Waals surface area contributed by atoms with Gasteiger partial charge in [-0.2, -0.15) is 0 Å². The molecule has 2 N–H and O–H groups in total. The maximum absolute atomic E-state index is 12.6. The number of nitrogens with zero attached hydrogens (tertiary/aromatic N) is 2. The number of amides is 1. The highest BCUT2D eigenvalue weighted by molar-refractivity contribution is 5.84. The monoisotopic (exact) mass is 341 g/mol. The normalized spacial score (nSPS) is 24.9.